The molecule has 1 saturated heterocycles. The number of hydrogen-bond acceptors (Lipinski definition) is 6. The van der Waals surface area contributed by atoms with Crippen LogP contribution in [0.2, 0.25) is 0 Å². The van der Waals surface area contributed by atoms with Crippen LogP contribution in [0.1, 0.15) is 21.6 Å². The second kappa shape index (κ2) is 9.11. The largest absolute Gasteiger partial charge is 0.505 e. The number of nitrogens with zero attached hydrogens (tertiary/aromatic N) is 3. The van der Waals surface area contributed by atoms with Crippen molar-refractivity contribution in [1.29, 1.82) is 0 Å². The van der Waals surface area contributed by atoms with E-state index in [1.807, 2.05) is 25.1 Å². The number of ether oxygens (including phenoxy) is 1. The van der Waals surface area contributed by atoms with Crippen molar-refractivity contribution in [2.45, 2.75) is 13.5 Å². The summed E-state index contributed by atoms with van der Waals surface area (Å²) in [5.41, 5.74) is 2.43. The highest BCUT2D eigenvalue weighted by molar-refractivity contribution is 6.04. The van der Waals surface area contributed by atoms with Crippen molar-refractivity contribution in [1.82, 2.24) is 14.7 Å². The van der Waals surface area contributed by atoms with E-state index >= 15 is 0 Å². The van der Waals surface area contributed by atoms with E-state index in [0.717, 1.165) is 54.7 Å². The maximum atomic E-state index is 12.7. The van der Waals surface area contributed by atoms with Gasteiger partial charge in [0.2, 0.25) is 0 Å². The molecule has 1 aromatic heterocycles. The lowest BCUT2D eigenvalue weighted by Crippen LogP contribution is -2.35. The minimum absolute atomic E-state index is 0.224. The molecular formula is C23H24N4O4. The van der Waals surface area contributed by atoms with Crippen LogP contribution in [-0.2, 0) is 11.3 Å². The molecule has 1 aliphatic heterocycles. The summed E-state index contributed by atoms with van der Waals surface area (Å²) in [5, 5.41) is 17.0. The number of aromatic nitrogens is 2. The number of morpholine rings is 1. The van der Waals surface area contributed by atoms with Crippen LogP contribution < -0.4 is 10.9 Å². The molecule has 2 aromatic carbocycles. The van der Waals surface area contributed by atoms with E-state index < -0.39 is 17.2 Å². The SMILES string of the molecule is Cc1cccc(-n2nc(C(=O)Nc3ccc(CN4CCOCC4)cc3)c(O)cc2=O)c1. The number of rotatable bonds is 5. The van der Waals surface area contributed by atoms with Crippen LogP contribution in [-0.4, -0.2) is 52.0 Å². The number of benzene rings is 2. The molecule has 31 heavy (non-hydrogen) atoms. The van der Waals surface area contributed by atoms with Crippen LogP contribution in [0.15, 0.2) is 59.4 Å². The van der Waals surface area contributed by atoms with Crippen LogP contribution in [0.25, 0.3) is 5.69 Å². The Bertz CT molecular complexity index is 1140. The first-order chi connectivity index (χ1) is 15.0. The van der Waals surface area contributed by atoms with E-state index in [-0.39, 0.29) is 5.69 Å². The molecule has 1 fully saturated rings. The second-order valence-electron chi connectivity index (χ2n) is 7.51. The Kier molecular flexibility index (Phi) is 6.11. The van der Waals surface area contributed by atoms with E-state index in [0.29, 0.717) is 11.4 Å². The first-order valence-electron chi connectivity index (χ1n) is 10.1. The third-order valence-electron chi connectivity index (χ3n) is 5.09. The fraction of sp³-hybridized carbons (Fsp3) is 0.261. The zero-order valence-corrected chi connectivity index (χ0v) is 17.2. The molecule has 1 aliphatic rings. The summed E-state index contributed by atoms with van der Waals surface area (Å²) >= 11 is 0. The number of carbonyl (C=O) groups excluding carboxylic acids is 1. The molecule has 1 amide bonds. The summed E-state index contributed by atoms with van der Waals surface area (Å²) < 4.78 is 6.47. The second-order valence-corrected chi connectivity index (χ2v) is 7.51. The van der Waals surface area contributed by atoms with Gasteiger partial charge in [-0.2, -0.15) is 9.78 Å². The Balaban J connectivity index is 1.50. The van der Waals surface area contributed by atoms with Crippen molar-refractivity contribution in [3.63, 3.8) is 0 Å². The first-order valence-corrected chi connectivity index (χ1v) is 10.1. The minimum Gasteiger partial charge on any atom is -0.505 e. The number of anilines is 1. The van der Waals surface area contributed by atoms with E-state index in [1.54, 1.807) is 30.3 Å². The lowest BCUT2D eigenvalue weighted by Gasteiger charge is -2.26. The molecule has 0 saturated carbocycles. The van der Waals surface area contributed by atoms with Gasteiger partial charge in [-0.1, -0.05) is 24.3 Å². The zero-order chi connectivity index (χ0) is 21.8. The molecule has 0 spiro atoms. The lowest BCUT2D eigenvalue weighted by molar-refractivity contribution is 0.0342. The summed E-state index contributed by atoms with van der Waals surface area (Å²) in [7, 11) is 0. The monoisotopic (exact) mass is 420 g/mol. The van der Waals surface area contributed by atoms with Crippen molar-refractivity contribution < 1.29 is 14.6 Å². The van der Waals surface area contributed by atoms with Gasteiger partial charge in [-0.05, 0) is 42.3 Å². The molecule has 8 heteroatoms. The van der Waals surface area contributed by atoms with E-state index in [4.69, 9.17) is 4.74 Å². The standard InChI is InChI=1S/C23H24N4O4/c1-16-3-2-4-19(13-16)27-21(29)14-20(28)22(25-27)23(30)24-18-7-5-17(6-8-18)15-26-9-11-31-12-10-26/h2-8,13-14,28H,9-12,15H2,1H3,(H,24,30). The number of carbonyl (C=O) groups is 1. The molecule has 0 radical (unpaired) electrons. The Morgan fingerprint density at radius 2 is 1.87 bits per heavy atom. The normalized spacial score (nSPS) is 14.4. The number of nitrogens with one attached hydrogen (secondary N) is 1. The van der Waals surface area contributed by atoms with Gasteiger partial charge in [0.25, 0.3) is 11.5 Å². The number of amides is 1. The molecule has 0 aliphatic carbocycles. The van der Waals surface area contributed by atoms with Gasteiger partial charge in [0, 0.05) is 31.4 Å². The summed E-state index contributed by atoms with van der Waals surface area (Å²) in [6.07, 6.45) is 0. The maximum absolute atomic E-state index is 12.7. The first kappa shape index (κ1) is 20.8. The van der Waals surface area contributed by atoms with Crippen LogP contribution in [0.5, 0.6) is 5.75 Å². The van der Waals surface area contributed by atoms with Gasteiger partial charge in [-0.3, -0.25) is 14.5 Å². The van der Waals surface area contributed by atoms with Gasteiger partial charge in [0.15, 0.2) is 11.4 Å². The van der Waals surface area contributed by atoms with Gasteiger partial charge >= 0.3 is 0 Å². The molecule has 3 aromatic rings. The highest BCUT2D eigenvalue weighted by Gasteiger charge is 2.17. The Morgan fingerprint density at radius 1 is 1.13 bits per heavy atom. The predicted octanol–water partition coefficient (Wildman–Crippen LogP) is 2.33. The molecular weight excluding hydrogens is 396 g/mol. The number of aryl methyl sites for hydroxylation is 1. The van der Waals surface area contributed by atoms with E-state index in [2.05, 4.69) is 15.3 Å². The lowest BCUT2D eigenvalue weighted by atomic mass is 10.2. The van der Waals surface area contributed by atoms with Gasteiger partial charge < -0.3 is 15.2 Å². The molecule has 0 unspecified atom stereocenters. The molecule has 2 N–H and O–H groups in total. The summed E-state index contributed by atoms with van der Waals surface area (Å²) in [5.74, 6) is -1.06. The van der Waals surface area contributed by atoms with Gasteiger partial charge in [0.1, 0.15) is 0 Å². The summed E-state index contributed by atoms with van der Waals surface area (Å²) in [4.78, 5) is 27.3. The van der Waals surface area contributed by atoms with Crippen LogP contribution >= 0.6 is 0 Å². The van der Waals surface area contributed by atoms with Crippen molar-refractivity contribution in [2.24, 2.45) is 0 Å². The van der Waals surface area contributed by atoms with Gasteiger partial charge in [-0.15, -0.1) is 0 Å². The molecule has 4 rings (SSSR count). The number of aromatic hydroxyl groups is 1. The van der Waals surface area contributed by atoms with Crippen LogP contribution in [0.3, 0.4) is 0 Å². The van der Waals surface area contributed by atoms with Crippen molar-refractivity contribution in [3.05, 3.63) is 81.8 Å². The quantitative estimate of drug-likeness (QED) is 0.658. The fourth-order valence-corrected chi connectivity index (χ4v) is 3.45. The topological polar surface area (TPSA) is 96.7 Å². The number of hydrogen-bond donors (Lipinski definition) is 2. The molecule has 8 nitrogen and oxygen atoms in total. The van der Waals surface area contributed by atoms with Crippen molar-refractivity contribution >= 4 is 11.6 Å². The highest BCUT2D eigenvalue weighted by atomic mass is 16.5. The highest BCUT2D eigenvalue weighted by Crippen LogP contribution is 2.17. The maximum Gasteiger partial charge on any atom is 0.279 e. The Morgan fingerprint density at radius 3 is 2.58 bits per heavy atom. The zero-order valence-electron chi connectivity index (χ0n) is 17.2. The van der Waals surface area contributed by atoms with Crippen LogP contribution in [0, 0.1) is 6.92 Å². The van der Waals surface area contributed by atoms with E-state index in [1.165, 1.54) is 0 Å². The average Bonchev–Trinajstić information content (AvgIpc) is 2.76. The Hall–Kier alpha value is -3.49. The molecule has 2 heterocycles. The minimum atomic E-state index is -0.597. The molecule has 0 atom stereocenters. The summed E-state index contributed by atoms with van der Waals surface area (Å²) in [6.45, 7) is 6.01. The van der Waals surface area contributed by atoms with Gasteiger partial charge in [-0.25, -0.2) is 0 Å². The van der Waals surface area contributed by atoms with Crippen molar-refractivity contribution in [2.75, 3.05) is 31.6 Å². The predicted molar refractivity (Wildman–Crippen MR) is 117 cm³/mol. The third-order valence-corrected chi connectivity index (χ3v) is 5.09. The molecule has 160 valence electrons. The smallest absolute Gasteiger partial charge is 0.279 e. The molecule has 0 bridgehead atoms. The third kappa shape index (κ3) is 4.99. The van der Waals surface area contributed by atoms with Crippen LogP contribution in [0.4, 0.5) is 5.69 Å². The Labute approximate surface area is 179 Å². The van der Waals surface area contributed by atoms with Crippen molar-refractivity contribution in [3.8, 4) is 11.4 Å². The van der Waals surface area contributed by atoms with E-state index in [9.17, 15) is 14.7 Å². The fourth-order valence-electron chi connectivity index (χ4n) is 3.45. The summed E-state index contributed by atoms with van der Waals surface area (Å²) in [6, 6.07) is 15.7. The average molecular weight is 420 g/mol. The van der Waals surface area contributed by atoms with Gasteiger partial charge in [0.05, 0.1) is 18.9 Å².